The zero-order valence-electron chi connectivity index (χ0n) is 16.6. The molecule has 30 heavy (non-hydrogen) atoms. The molecular formula is C22H23N7O. The first-order valence-electron chi connectivity index (χ1n) is 10.3. The smallest absolute Gasteiger partial charge is 0.224 e. The molecule has 5 rings (SSSR count). The van der Waals surface area contributed by atoms with Gasteiger partial charge in [-0.25, -0.2) is 4.68 Å². The molecule has 1 atom stereocenters. The number of likely N-dealkylation sites (tertiary alicyclic amines) is 1. The highest BCUT2D eigenvalue weighted by Gasteiger charge is 2.28. The predicted molar refractivity (Wildman–Crippen MR) is 113 cm³/mol. The van der Waals surface area contributed by atoms with Crippen LogP contribution in [-0.2, 0) is 11.3 Å². The van der Waals surface area contributed by atoms with Crippen molar-refractivity contribution < 1.29 is 4.79 Å². The second-order valence-corrected chi connectivity index (χ2v) is 7.70. The number of carbonyl (C=O) groups excluding carboxylic acids is 1. The summed E-state index contributed by atoms with van der Waals surface area (Å²) in [6, 6.07) is 12.5. The van der Waals surface area contributed by atoms with Gasteiger partial charge in [0, 0.05) is 60.0 Å². The number of amides is 1. The van der Waals surface area contributed by atoms with Gasteiger partial charge in [0.25, 0.3) is 0 Å². The highest BCUT2D eigenvalue weighted by Crippen LogP contribution is 2.39. The van der Waals surface area contributed by atoms with Gasteiger partial charge in [0.1, 0.15) is 6.33 Å². The highest BCUT2D eigenvalue weighted by atomic mass is 16.2. The Morgan fingerprint density at radius 3 is 2.87 bits per heavy atom. The fraction of sp³-hybridized carbons (Fsp3) is 0.318. The molecule has 0 spiro atoms. The molecule has 4 heterocycles. The van der Waals surface area contributed by atoms with E-state index in [0.29, 0.717) is 13.0 Å². The molecule has 1 saturated heterocycles. The van der Waals surface area contributed by atoms with Crippen molar-refractivity contribution in [2.75, 3.05) is 13.1 Å². The van der Waals surface area contributed by atoms with Gasteiger partial charge in [-0.1, -0.05) is 18.2 Å². The first-order chi connectivity index (χ1) is 14.8. The van der Waals surface area contributed by atoms with Gasteiger partial charge in [-0.15, -0.1) is 5.10 Å². The van der Waals surface area contributed by atoms with Crippen molar-refractivity contribution in [1.29, 1.82) is 0 Å². The first kappa shape index (κ1) is 18.5. The summed E-state index contributed by atoms with van der Waals surface area (Å²) >= 11 is 0. The topological polar surface area (TPSA) is 92.6 Å². The number of piperidine rings is 1. The van der Waals surface area contributed by atoms with E-state index in [-0.39, 0.29) is 11.8 Å². The molecule has 1 unspecified atom stereocenters. The standard InChI is InChI=1S/C22H23N7O/c30-20(9-13-29-15-24-26-27-29)28-12-3-4-17(14-28)22-21(16-7-10-23-11-8-16)18-5-1-2-6-19(18)25-22/h1-2,5-8,10-11,15,17,25H,3-4,9,12-14H2. The number of nitrogens with zero attached hydrogens (tertiary/aromatic N) is 6. The molecule has 0 radical (unpaired) electrons. The molecule has 1 fully saturated rings. The number of aromatic nitrogens is 6. The largest absolute Gasteiger partial charge is 0.358 e. The van der Waals surface area contributed by atoms with Crippen molar-refractivity contribution in [3.63, 3.8) is 0 Å². The van der Waals surface area contributed by atoms with E-state index >= 15 is 0 Å². The quantitative estimate of drug-likeness (QED) is 0.555. The number of carbonyl (C=O) groups is 1. The third-order valence-corrected chi connectivity index (χ3v) is 5.83. The Labute approximate surface area is 173 Å². The van der Waals surface area contributed by atoms with E-state index in [1.54, 1.807) is 4.68 Å². The third-order valence-electron chi connectivity index (χ3n) is 5.83. The lowest BCUT2D eigenvalue weighted by atomic mass is 9.89. The van der Waals surface area contributed by atoms with Crippen LogP contribution in [0.5, 0.6) is 0 Å². The van der Waals surface area contributed by atoms with Gasteiger partial charge in [0.15, 0.2) is 0 Å². The summed E-state index contributed by atoms with van der Waals surface area (Å²) in [6.07, 6.45) is 7.65. The van der Waals surface area contributed by atoms with Crippen molar-refractivity contribution >= 4 is 16.8 Å². The maximum Gasteiger partial charge on any atom is 0.224 e. The van der Waals surface area contributed by atoms with E-state index in [1.807, 2.05) is 17.3 Å². The number of fused-ring (bicyclic) bond motifs is 1. The third kappa shape index (κ3) is 3.56. The minimum atomic E-state index is 0.150. The van der Waals surface area contributed by atoms with Gasteiger partial charge in [-0.05, 0) is 47.0 Å². The summed E-state index contributed by atoms with van der Waals surface area (Å²) in [5.41, 5.74) is 4.71. The van der Waals surface area contributed by atoms with Crippen LogP contribution in [0.25, 0.3) is 22.0 Å². The average Bonchev–Trinajstić information content (AvgIpc) is 3.46. The number of pyridine rings is 1. The SMILES string of the molecule is O=C(CCn1cnnn1)N1CCCC(c2[nH]c3ccccc3c2-c2ccncc2)C1. The number of tetrazole rings is 1. The van der Waals surface area contributed by atoms with Gasteiger partial charge in [-0.3, -0.25) is 9.78 Å². The normalized spacial score (nSPS) is 16.8. The lowest BCUT2D eigenvalue weighted by Crippen LogP contribution is -2.39. The molecular weight excluding hydrogens is 378 g/mol. The Hall–Kier alpha value is -3.55. The first-order valence-corrected chi connectivity index (χ1v) is 10.3. The zero-order valence-corrected chi connectivity index (χ0v) is 16.6. The molecule has 0 saturated carbocycles. The van der Waals surface area contributed by atoms with Crippen molar-refractivity contribution in [2.24, 2.45) is 0 Å². The number of nitrogens with one attached hydrogen (secondary N) is 1. The lowest BCUT2D eigenvalue weighted by Gasteiger charge is -2.33. The molecule has 1 aromatic carbocycles. The summed E-state index contributed by atoms with van der Waals surface area (Å²) in [6.45, 7) is 2.02. The predicted octanol–water partition coefficient (Wildman–Crippen LogP) is 3.01. The molecule has 0 aliphatic carbocycles. The van der Waals surface area contributed by atoms with Crippen LogP contribution in [0, 0.1) is 0 Å². The molecule has 1 aliphatic rings. The van der Waals surface area contributed by atoms with Crippen LogP contribution < -0.4 is 0 Å². The zero-order chi connectivity index (χ0) is 20.3. The highest BCUT2D eigenvalue weighted by molar-refractivity contribution is 5.97. The maximum absolute atomic E-state index is 12.8. The summed E-state index contributed by atoms with van der Waals surface area (Å²) in [7, 11) is 0. The molecule has 152 valence electrons. The number of H-pyrrole nitrogens is 1. The monoisotopic (exact) mass is 401 g/mol. The number of para-hydroxylation sites is 1. The molecule has 8 heteroatoms. The number of benzene rings is 1. The van der Waals surface area contributed by atoms with Crippen LogP contribution in [-0.4, -0.2) is 54.1 Å². The van der Waals surface area contributed by atoms with Crippen LogP contribution in [0.2, 0.25) is 0 Å². The van der Waals surface area contributed by atoms with Gasteiger partial charge < -0.3 is 9.88 Å². The molecule has 1 N–H and O–H groups in total. The number of hydrogen-bond donors (Lipinski definition) is 1. The second kappa shape index (κ2) is 8.06. The summed E-state index contributed by atoms with van der Waals surface area (Å²) in [4.78, 5) is 22.6. The fourth-order valence-corrected chi connectivity index (χ4v) is 4.39. The second-order valence-electron chi connectivity index (χ2n) is 7.70. The van der Waals surface area contributed by atoms with E-state index < -0.39 is 0 Å². The fourth-order valence-electron chi connectivity index (χ4n) is 4.39. The van der Waals surface area contributed by atoms with E-state index in [0.717, 1.165) is 37.0 Å². The number of rotatable bonds is 5. The van der Waals surface area contributed by atoms with Crippen molar-refractivity contribution in [3.8, 4) is 11.1 Å². The minimum Gasteiger partial charge on any atom is -0.358 e. The Morgan fingerprint density at radius 1 is 1.17 bits per heavy atom. The van der Waals surface area contributed by atoms with Gasteiger partial charge in [-0.2, -0.15) is 0 Å². The van der Waals surface area contributed by atoms with E-state index in [1.165, 1.54) is 23.0 Å². The molecule has 3 aromatic heterocycles. The Morgan fingerprint density at radius 2 is 2.03 bits per heavy atom. The van der Waals surface area contributed by atoms with Crippen LogP contribution in [0.1, 0.15) is 30.9 Å². The van der Waals surface area contributed by atoms with Gasteiger partial charge in [0.05, 0.1) is 6.54 Å². The van der Waals surface area contributed by atoms with Crippen LogP contribution >= 0.6 is 0 Å². The van der Waals surface area contributed by atoms with Gasteiger partial charge >= 0.3 is 0 Å². The maximum atomic E-state index is 12.8. The number of hydrogen-bond acceptors (Lipinski definition) is 5. The Kier molecular flexibility index (Phi) is 4.96. The van der Waals surface area contributed by atoms with Crippen molar-refractivity contribution in [1.82, 2.24) is 35.1 Å². The number of aromatic amines is 1. The van der Waals surface area contributed by atoms with Crippen LogP contribution in [0.4, 0.5) is 0 Å². The molecule has 0 bridgehead atoms. The van der Waals surface area contributed by atoms with Crippen molar-refractivity contribution in [3.05, 3.63) is 60.8 Å². The Bertz CT molecular complexity index is 1140. The molecule has 1 aliphatic heterocycles. The van der Waals surface area contributed by atoms with E-state index in [4.69, 9.17) is 0 Å². The molecule has 1 amide bonds. The van der Waals surface area contributed by atoms with E-state index in [2.05, 4.69) is 61.9 Å². The summed E-state index contributed by atoms with van der Waals surface area (Å²) in [5, 5.41) is 12.3. The average molecular weight is 401 g/mol. The van der Waals surface area contributed by atoms with Crippen LogP contribution in [0.15, 0.2) is 55.1 Å². The van der Waals surface area contributed by atoms with E-state index in [9.17, 15) is 4.79 Å². The molecule has 8 nitrogen and oxygen atoms in total. The summed E-state index contributed by atoms with van der Waals surface area (Å²) in [5.74, 6) is 0.420. The molecule has 4 aromatic rings. The van der Waals surface area contributed by atoms with Crippen molar-refractivity contribution in [2.45, 2.75) is 31.7 Å². The lowest BCUT2D eigenvalue weighted by molar-refractivity contribution is -0.132. The van der Waals surface area contributed by atoms with Gasteiger partial charge in [0.2, 0.25) is 5.91 Å². The van der Waals surface area contributed by atoms with Crippen LogP contribution in [0.3, 0.4) is 0 Å². The number of aryl methyl sites for hydroxylation is 1. The summed E-state index contributed by atoms with van der Waals surface area (Å²) < 4.78 is 1.60. The Balaban J connectivity index is 1.42. The minimum absolute atomic E-state index is 0.150.